The SMILES string of the molecule is CC(C)Oc1ccc(C2(N)CCc3ccccc3C2)cc1. The first-order valence-electron chi connectivity index (χ1n) is 7.70. The van der Waals surface area contributed by atoms with Crippen molar-refractivity contribution in [1.82, 2.24) is 0 Å². The van der Waals surface area contributed by atoms with Gasteiger partial charge in [-0.25, -0.2) is 0 Å². The van der Waals surface area contributed by atoms with E-state index in [9.17, 15) is 0 Å². The van der Waals surface area contributed by atoms with Gasteiger partial charge in [0.05, 0.1) is 6.10 Å². The fourth-order valence-electron chi connectivity index (χ4n) is 3.14. The molecule has 2 nitrogen and oxygen atoms in total. The molecule has 0 radical (unpaired) electrons. The molecule has 0 aromatic heterocycles. The summed E-state index contributed by atoms with van der Waals surface area (Å²) in [5.74, 6) is 0.911. The van der Waals surface area contributed by atoms with Crippen molar-refractivity contribution in [3.8, 4) is 5.75 Å². The van der Waals surface area contributed by atoms with E-state index in [0.717, 1.165) is 25.0 Å². The summed E-state index contributed by atoms with van der Waals surface area (Å²) < 4.78 is 5.70. The summed E-state index contributed by atoms with van der Waals surface area (Å²) in [7, 11) is 0. The summed E-state index contributed by atoms with van der Waals surface area (Å²) in [6.07, 6.45) is 3.16. The Morgan fingerprint density at radius 2 is 1.67 bits per heavy atom. The first kappa shape index (κ1) is 14.2. The van der Waals surface area contributed by atoms with E-state index >= 15 is 0 Å². The fourth-order valence-corrected chi connectivity index (χ4v) is 3.14. The molecule has 2 aromatic rings. The number of ether oxygens (including phenoxy) is 1. The van der Waals surface area contributed by atoms with Gasteiger partial charge >= 0.3 is 0 Å². The highest BCUT2D eigenvalue weighted by atomic mass is 16.5. The zero-order valence-corrected chi connectivity index (χ0v) is 12.8. The lowest BCUT2D eigenvalue weighted by Crippen LogP contribution is -2.42. The molecule has 0 amide bonds. The van der Waals surface area contributed by atoms with Crippen molar-refractivity contribution in [2.24, 2.45) is 5.73 Å². The lowest BCUT2D eigenvalue weighted by molar-refractivity contribution is 0.242. The maximum atomic E-state index is 6.71. The summed E-state index contributed by atoms with van der Waals surface area (Å²) in [5.41, 5.74) is 10.5. The topological polar surface area (TPSA) is 35.2 Å². The molecule has 0 bridgehead atoms. The minimum Gasteiger partial charge on any atom is -0.491 e. The molecule has 3 rings (SSSR count). The molecule has 1 aliphatic carbocycles. The van der Waals surface area contributed by atoms with Crippen LogP contribution < -0.4 is 10.5 Å². The number of nitrogens with two attached hydrogens (primary N) is 1. The average molecular weight is 281 g/mol. The minimum absolute atomic E-state index is 0.198. The standard InChI is InChI=1S/C19H23NO/c1-14(2)21-18-9-7-17(8-10-18)19(20)12-11-15-5-3-4-6-16(15)13-19/h3-10,14H,11-13,20H2,1-2H3. The zero-order valence-electron chi connectivity index (χ0n) is 12.8. The smallest absolute Gasteiger partial charge is 0.119 e. The second kappa shape index (κ2) is 5.53. The Kier molecular flexibility index (Phi) is 3.73. The average Bonchev–Trinajstić information content (AvgIpc) is 2.47. The molecule has 0 aliphatic heterocycles. The highest BCUT2D eigenvalue weighted by Gasteiger charge is 2.31. The second-order valence-electron chi connectivity index (χ2n) is 6.29. The maximum Gasteiger partial charge on any atom is 0.119 e. The summed E-state index contributed by atoms with van der Waals surface area (Å²) in [6.45, 7) is 4.08. The monoisotopic (exact) mass is 281 g/mol. The molecule has 1 aliphatic rings. The maximum absolute atomic E-state index is 6.71. The molecule has 2 aromatic carbocycles. The first-order chi connectivity index (χ1) is 10.1. The quantitative estimate of drug-likeness (QED) is 0.928. The second-order valence-corrected chi connectivity index (χ2v) is 6.29. The van der Waals surface area contributed by atoms with Gasteiger partial charge in [-0.2, -0.15) is 0 Å². The molecule has 110 valence electrons. The van der Waals surface area contributed by atoms with Crippen LogP contribution in [0, 0.1) is 0 Å². The largest absolute Gasteiger partial charge is 0.491 e. The molecule has 2 N–H and O–H groups in total. The molecular weight excluding hydrogens is 258 g/mol. The van der Waals surface area contributed by atoms with Gasteiger partial charge in [0, 0.05) is 5.54 Å². The normalized spacial score (nSPS) is 21.1. The fraction of sp³-hybridized carbons (Fsp3) is 0.368. The van der Waals surface area contributed by atoms with Crippen LogP contribution in [-0.2, 0) is 18.4 Å². The van der Waals surface area contributed by atoms with Crippen LogP contribution in [0.25, 0.3) is 0 Å². The van der Waals surface area contributed by atoms with Gasteiger partial charge in [-0.3, -0.25) is 0 Å². The summed E-state index contributed by atoms with van der Waals surface area (Å²) in [4.78, 5) is 0. The van der Waals surface area contributed by atoms with Crippen LogP contribution in [0.15, 0.2) is 48.5 Å². The van der Waals surface area contributed by atoms with E-state index in [1.165, 1.54) is 16.7 Å². The summed E-state index contributed by atoms with van der Waals surface area (Å²) >= 11 is 0. The van der Waals surface area contributed by atoms with E-state index in [4.69, 9.17) is 10.5 Å². The van der Waals surface area contributed by atoms with Crippen molar-refractivity contribution in [1.29, 1.82) is 0 Å². The van der Waals surface area contributed by atoms with Crippen LogP contribution in [0.1, 0.15) is 37.0 Å². The van der Waals surface area contributed by atoms with Crippen LogP contribution in [0.4, 0.5) is 0 Å². The van der Waals surface area contributed by atoms with E-state index < -0.39 is 0 Å². The zero-order chi connectivity index (χ0) is 14.9. The van der Waals surface area contributed by atoms with Gasteiger partial charge in [0.15, 0.2) is 0 Å². The third-order valence-electron chi connectivity index (χ3n) is 4.27. The Hall–Kier alpha value is -1.80. The highest BCUT2D eigenvalue weighted by molar-refractivity contribution is 5.38. The van der Waals surface area contributed by atoms with Crippen molar-refractivity contribution in [2.45, 2.75) is 44.8 Å². The number of aryl methyl sites for hydroxylation is 1. The number of fused-ring (bicyclic) bond motifs is 1. The van der Waals surface area contributed by atoms with Crippen LogP contribution >= 0.6 is 0 Å². The van der Waals surface area contributed by atoms with Gasteiger partial charge in [0.2, 0.25) is 0 Å². The van der Waals surface area contributed by atoms with Crippen LogP contribution in [0.3, 0.4) is 0 Å². The summed E-state index contributed by atoms with van der Waals surface area (Å²) in [5, 5.41) is 0. The van der Waals surface area contributed by atoms with Crippen LogP contribution in [-0.4, -0.2) is 6.10 Å². The van der Waals surface area contributed by atoms with Gasteiger partial charge in [0.25, 0.3) is 0 Å². The van der Waals surface area contributed by atoms with Gasteiger partial charge in [0.1, 0.15) is 5.75 Å². The Labute approximate surface area is 126 Å². The molecule has 2 heteroatoms. The minimum atomic E-state index is -0.259. The van der Waals surface area contributed by atoms with Crippen molar-refractivity contribution in [2.75, 3.05) is 0 Å². The molecule has 0 spiro atoms. The predicted octanol–water partition coefficient (Wildman–Crippen LogP) is 3.82. The summed E-state index contributed by atoms with van der Waals surface area (Å²) in [6, 6.07) is 16.9. The molecule has 21 heavy (non-hydrogen) atoms. The Bertz CT molecular complexity index is 618. The lowest BCUT2D eigenvalue weighted by Gasteiger charge is -2.35. The van der Waals surface area contributed by atoms with Gasteiger partial charge in [-0.05, 0) is 61.9 Å². The first-order valence-corrected chi connectivity index (χ1v) is 7.70. The van der Waals surface area contributed by atoms with Crippen LogP contribution in [0.2, 0.25) is 0 Å². The van der Waals surface area contributed by atoms with E-state index in [-0.39, 0.29) is 11.6 Å². The molecular formula is C19H23NO. The van der Waals surface area contributed by atoms with Crippen molar-refractivity contribution in [3.05, 3.63) is 65.2 Å². The number of rotatable bonds is 3. The number of benzene rings is 2. The molecule has 0 fully saturated rings. The highest BCUT2D eigenvalue weighted by Crippen LogP contribution is 2.35. The Morgan fingerprint density at radius 1 is 1.00 bits per heavy atom. The molecule has 1 atom stereocenters. The van der Waals surface area contributed by atoms with E-state index in [0.29, 0.717) is 0 Å². The van der Waals surface area contributed by atoms with Gasteiger partial charge in [-0.1, -0.05) is 36.4 Å². The van der Waals surface area contributed by atoms with Crippen molar-refractivity contribution in [3.63, 3.8) is 0 Å². The van der Waals surface area contributed by atoms with Crippen LogP contribution in [0.5, 0.6) is 5.75 Å². The molecule has 1 unspecified atom stereocenters. The van der Waals surface area contributed by atoms with Crippen molar-refractivity contribution < 1.29 is 4.74 Å². The lowest BCUT2D eigenvalue weighted by atomic mass is 9.74. The Morgan fingerprint density at radius 3 is 2.33 bits per heavy atom. The van der Waals surface area contributed by atoms with E-state index in [1.54, 1.807) is 0 Å². The predicted molar refractivity (Wildman–Crippen MR) is 86.5 cm³/mol. The third kappa shape index (κ3) is 2.96. The van der Waals surface area contributed by atoms with Crippen molar-refractivity contribution >= 4 is 0 Å². The van der Waals surface area contributed by atoms with Gasteiger partial charge in [-0.15, -0.1) is 0 Å². The number of hydrogen-bond donors (Lipinski definition) is 1. The number of hydrogen-bond acceptors (Lipinski definition) is 2. The molecule has 0 heterocycles. The third-order valence-corrected chi connectivity index (χ3v) is 4.27. The molecule has 0 saturated heterocycles. The Balaban J connectivity index is 1.83. The van der Waals surface area contributed by atoms with E-state index in [2.05, 4.69) is 36.4 Å². The molecule has 0 saturated carbocycles. The van der Waals surface area contributed by atoms with E-state index in [1.807, 2.05) is 26.0 Å². The van der Waals surface area contributed by atoms with Gasteiger partial charge < -0.3 is 10.5 Å².